The molecule has 0 atom stereocenters. The lowest BCUT2D eigenvalue weighted by Crippen LogP contribution is -2.00. The second-order valence-electron chi connectivity index (χ2n) is 4.58. The number of nitrogens with zero attached hydrogens (tertiary/aromatic N) is 1. The first-order chi connectivity index (χ1) is 8.81. The number of benzene rings is 1. The predicted molar refractivity (Wildman–Crippen MR) is 71.2 cm³/mol. The van der Waals surface area contributed by atoms with E-state index in [0.717, 1.165) is 47.2 Å². The van der Waals surface area contributed by atoms with E-state index < -0.39 is 0 Å². The molecule has 0 bridgehead atoms. The number of rotatable bonds is 2. The SMILES string of the molecule is CNc1c(-c2ccncc2)cc(F)c2c1CCC2. The Bertz CT molecular complexity index is 579. The van der Waals surface area contributed by atoms with E-state index in [1.807, 2.05) is 19.2 Å². The molecule has 3 heteroatoms. The topological polar surface area (TPSA) is 24.9 Å². The lowest BCUT2D eigenvalue weighted by atomic mass is 9.97. The van der Waals surface area contributed by atoms with Gasteiger partial charge in [0.1, 0.15) is 5.82 Å². The number of hydrogen-bond donors (Lipinski definition) is 1. The van der Waals surface area contributed by atoms with Crippen molar-refractivity contribution >= 4 is 5.69 Å². The summed E-state index contributed by atoms with van der Waals surface area (Å²) >= 11 is 0. The number of aromatic nitrogens is 1. The molecule has 0 saturated carbocycles. The van der Waals surface area contributed by atoms with E-state index in [1.165, 1.54) is 0 Å². The zero-order valence-electron chi connectivity index (χ0n) is 10.3. The average molecular weight is 242 g/mol. The maximum absolute atomic E-state index is 14.1. The van der Waals surface area contributed by atoms with E-state index in [9.17, 15) is 4.39 Å². The van der Waals surface area contributed by atoms with Crippen molar-refractivity contribution in [2.75, 3.05) is 12.4 Å². The molecule has 1 aliphatic carbocycles. The Kier molecular flexibility index (Phi) is 2.74. The second-order valence-corrected chi connectivity index (χ2v) is 4.58. The summed E-state index contributed by atoms with van der Waals surface area (Å²) in [5.41, 5.74) is 5.03. The van der Waals surface area contributed by atoms with Crippen LogP contribution in [0.1, 0.15) is 17.5 Å². The molecule has 1 heterocycles. The minimum atomic E-state index is -0.0756. The molecular formula is C15H15FN2. The van der Waals surface area contributed by atoms with Gasteiger partial charge >= 0.3 is 0 Å². The molecular weight excluding hydrogens is 227 g/mol. The molecule has 0 fully saturated rings. The third-order valence-corrected chi connectivity index (χ3v) is 3.59. The van der Waals surface area contributed by atoms with Crippen molar-refractivity contribution in [2.45, 2.75) is 19.3 Å². The summed E-state index contributed by atoms with van der Waals surface area (Å²) in [6, 6.07) is 5.47. The minimum Gasteiger partial charge on any atom is -0.387 e. The average Bonchev–Trinajstić information content (AvgIpc) is 2.89. The van der Waals surface area contributed by atoms with Crippen molar-refractivity contribution in [3.63, 3.8) is 0 Å². The summed E-state index contributed by atoms with van der Waals surface area (Å²) in [6.45, 7) is 0. The van der Waals surface area contributed by atoms with Crippen LogP contribution >= 0.6 is 0 Å². The number of fused-ring (bicyclic) bond motifs is 1. The van der Waals surface area contributed by atoms with Crippen molar-refractivity contribution in [1.82, 2.24) is 4.98 Å². The first kappa shape index (κ1) is 11.2. The van der Waals surface area contributed by atoms with Crippen LogP contribution in [0.25, 0.3) is 11.1 Å². The van der Waals surface area contributed by atoms with Crippen LogP contribution in [0.2, 0.25) is 0 Å². The van der Waals surface area contributed by atoms with Gasteiger partial charge in [0.15, 0.2) is 0 Å². The van der Waals surface area contributed by atoms with Gasteiger partial charge in [0.05, 0.1) is 0 Å². The molecule has 2 aromatic rings. The highest BCUT2D eigenvalue weighted by Crippen LogP contribution is 2.38. The Balaban J connectivity index is 2.24. The van der Waals surface area contributed by atoms with Gasteiger partial charge in [-0.3, -0.25) is 4.98 Å². The maximum Gasteiger partial charge on any atom is 0.127 e. The fourth-order valence-corrected chi connectivity index (χ4v) is 2.78. The van der Waals surface area contributed by atoms with Gasteiger partial charge in [-0.1, -0.05) is 0 Å². The molecule has 1 N–H and O–H groups in total. The normalized spacial score (nSPS) is 13.4. The number of pyridine rings is 1. The lowest BCUT2D eigenvalue weighted by Gasteiger charge is -2.15. The highest BCUT2D eigenvalue weighted by Gasteiger charge is 2.22. The third kappa shape index (κ3) is 1.67. The lowest BCUT2D eigenvalue weighted by molar-refractivity contribution is 0.613. The van der Waals surface area contributed by atoms with E-state index in [4.69, 9.17) is 0 Å². The Morgan fingerprint density at radius 3 is 2.61 bits per heavy atom. The van der Waals surface area contributed by atoms with Gasteiger partial charge in [0.25, 0.3) is 0 Å². The van der Waals surface area contributed by atoms with Crippen LogP contribution in [0.15, 0.2) is 30.6 Å². The molecule has 0 spiro atoms. The first-order valence-corrected chi connectivity index (χ1v) is 6.23. The summed E-state index contributed by atoms with van der Waals surface area (Å²) in [6.07, 6.45) is 6.33. The zero-order chi connectivity index (χ0) is 12.5. The minimum absolute atomic E-state index is 0.0756. The number of halogens is 1. The van der Waals surface area contributed by atoms with Crippen LogP contribution in [0.4, 0.5) is 10.1 Å². The third-order valence-electron chi connectivity index (χ3n) is 3.59. The molecule has 1 aromatic carbocycles. The van der Waals surface area contributed by atoms with Crippen molar-refractivity contribution in [3.05, 3.63) is 47.5 Å². The molecule has 2 nitrogen and oxygen atoms in total. The summed E-state index contributed by atoms with van der Waals surface area (Å²) in [5, 5.41) is 3.23. The molecule has 1 aromatic heterocycles. The maximum atomic E-state index is 14.1. The molecule has 0 radical (unpaired) electrons. The summed E-state index contributed by atoms with van der Waals surface area (Å²) in [7, 11) is 1.90. The van der Waals surface area contributed by atoms with E-state index in [-0.39, 0.29) is 5.82 Å². The van der Waals surface area contributed by atoms with Crippen LogP contribution in [0.3, 0.4) is 0 Å². The largest absolute Gasteiger partial charge is 0.387 e. The number of nitrogens with one attached hydrogen (secondary N) is 1. The van der Waals surface area contributed by atoms with Gasteiger partial charge in [-0.25, -0.2) is 4.39 Å². The quantitative estimate of drug-likeness (QED) is 0.872. The van der Waals surface area contributed by atoms with Crippen LogP contribution in [0, 0.1) is 5.82 Å². The fraction of sp³-hybridized carbons (Fsp3) is 0.267. The number of hydrogen-bond acceptors (Lipinski definition) is 2. The van der Waals surface area contributed by atoms with E-state index in [0.29, 0.717) is 0 Å². The van der Waals surface area contributed by atoms with Crippen molar-refractivity contribution in [2.24, 2.45) is 0 Å². The first-order valence-electron chi connectivity index (χ1n) is 6.23. The zero-order valence-corrected chi connectivity index (χ0v) is 10.3. The number of anilines is 1. The predicted octanol–water partition coefficient (Wildman–Crippen LogP) is 3.42. The Hall–Kier alpha value is -1.90. The molecule has 0 aliphatic heterocycles. The second kappa shape index (κ2) is 4.41. The van der Waals surface area contributed by atoms with Gasteiger partial charge in [-0.2, -0.15) is 0 Å². The van der Waals surface area contributed by atoms with Gasteiger partial charge in [-0.05, 0) is 54.2 Å². The fourth-order valence-electron chi connectivity index (χ4n) is 2.78. The summed E-state index contributed by atoms with van der Waals surface area (Å²) < 4.78 is 14.1. The van der Waals surface area contributed by atoms with Crippen molar-refractivity contribution in [3.8, 4) is 11.1 Å². The van der Waals surface area contributed by atoms with Crippen molar-refractivity contribution < 1.29 is 4.39 Å². The van der Waals surface area contributed by atoms with E-state index >= 15 is 0 Å². The molecule has 18 heavy (non-hydrogen) atoms. The Morgan fingerprint density at radius 1 is 1.17 bits per heavy atom. The summed E-state index contributed by atoms with van der Waals surface area (Å²) in [4.78, 5) is 4.01. The van der Waals surface area contributed by atoms with Gasteiger partial charge in [0.2, 0.25) is 0 Å². The Morgan fingerprint density at radius 2 is 1.89 bits per heavy atom. The highest BCUT2D eigenvalue weighted by atomic mass is 19.1. The van der Waals surface area contributed by atoms with Gasteiger partial charge < -0.3 is 5.32 Å². The molecule has 1 aliphatic rings. The van der Waals surface area contributed by atoms with Crippen LogP contribution in [-0.2, 0) is 12.8 Å². The van der Waals surface area contributed by atoms with E-state index in [2.05, 4.69) is 10.3 Å². The molecule has 0 unspecified atom stereocenters. The van der Waals surface area contributed by atoms with E-state index in [1.54, 1.807) is 18.5 Å². The molecule has 0 amide bonds. The van der Waals surface area contributed by atoms with Gasteiger partial charge in [-0.15, -0.1) is 0 Å². The van der Waals surface area contributed by atoms with Crippen LogP contribution < -0.4 is 5.32 Å². The highest BCUT2D eigenvalue weighted by molar-refractivity contribution is 5.81. The molecule has 3 rings (SSSR count). The standard InChI is InChI=1S/C15H15FN2/c1-17-15-12-4-2-3-11(12)14(16)9-13(15)10-5-7-18-8-6-10/h5-9,17H,2-4H2,1H3. The Labute approximate surface area is 106 Å². The van der Waals surface area contributed by atoms with Crippen LogP contribution in [0.5, 0.6) is 0 Å². The monoisotopic (exact) mass is 242 g/mol. The molecule has 92 valence electrons. The van der Waals surface area contributed by atoms with Crippen molar-refractivity contribution in [1.29, 1.82) is 0 Å². The molecule has 0 saturated heterocycles. The summed E-state index contributed by atoms with van der Waals surface area (Å²) in [5.74, 6) is -0.0756. The smallest absolute Gasteiger partial charge is 0.127 e. The van der Waals surface area contributed by atoms with Gasteiger partial charge in [0, 0.05) is 30.7 Å². The van der Waals surface area contributed by atoms with Crippen LogP contribution in [-0.4, -0.2) is 12.0 Å².